The number of anilines is 1. The van der Waals surface area contributed by atoms with E-state index in [1.165, 1.54) is 36.4 Å². The molecule has 2 aromatic rings. The topological polar surface area (TPSA) is 73.9 Å². The van der Waals surface area contributed by atoms with Gasteiger partial charge < -0.3 is 25.2 Å². The highest BCUT2D eigenvalue weighted by atomic mass is 19.1. The van der Waals surface area contributed by atoms with Crippen LogP contribution in [0.4, 0.5) is 24.1 Å². The van der Waals surface area contributed by atoms with E-state index in [-0.39, 0.29) is 35.7 Å². The Kier molecular flexibility index (Phi) is 9.43. The molecule has 39 heavy (non-hydrogen) atoms. The second kappa shape index (κ2) is 12.8. The number of hydrogen-bond donors (Lipinski definition) is 2. The van der Waals surface area contributed by atoms with Crippen LogP contribution < -0.4 is 10.6 Å². The number of urea groups is 1. The molecule has 0 spiro atoms. The third kappa shape index (κ3) is 8.92. The van der Waals surface area contributed by atoms with E-state index in [9.17, 15) is 18.4 Å². The average Bonchev–Trinajstić information content (AvgIpc) is 2.87. The molecule has 2 saturated heterocycles. The molecule has 1 unspecified atom stereocenters. The van der Waals surface area contributed by atoms with Crippen LogP contribution in [-0.4, -0.2) is 66.3 Å². The van der Waals surface area contributed by atoms with E-state index in [0.717, 1.165) is 44.5 Å². The Morgan fingerprint density at radius 2 is 1.62 bits per heavy atom. The molecule has 9 heteroatoms. The lowest BCUT2D eigenvalue weighted by molar-refractivity contribution is 0.00960. The number of hydrogen-bond acceptors (Lipinski definition) is 4. The summed E-state index contributed by atoms with van der Waals surface area (Å²) in [5.41, 5.74) is 1.06. The van der Waals surface area contributed by atoms with Crippen molar-refractivity contribution in [1.29, 1.82) is 0 Å². The molecule has 0 aromatic heterocycles. The van der Waals surface area contributed by atoms with Gasteiger partial charge in [-0.15, -0.1) is 0 Å². The minimum Gasteiger partial charge on any atom is -0.444 e. The molecule has 2 N–H and O–H groups in total. The van der Waals surface area contributed by atoms with E-state index in [4.69, 9.17) is 4.74 Å². The molecule has 2 aliphatic rings. The van der Waals surface area contributed by atoms with Crippen LogP contribution in [0.5, 0.6) is 0 Å². The number of likely N-dealkylation sites (tertiary alicyclic amines) is 2. The molecule has 0 bridgehead atoms. The van der Waals surface area contributed by atoms with Crippen molar-refractivity contribution >= 4 is 17.8 Å². The molecule has 0 saturated carbocycles. The highest BCUT2D eigenvalue weighted by Gasteiger charge is 2.36. The van der Waals surface area contributed by atoms with Gasteiger partial charge in [0.1, 0.15) is 17.2 Å². The van der Waals surface area contributed by atoms with E-state index >= 15 is 0 Å². The molecular weight excluding hydrogens is 502 g/mol. The van der Waals surface area contributed by atoms with Crippen molar-refractivity contribution in [3.8, 4) is 0 Å². The van der Waals surface area contributed by atoms with Gasteiger partial charge >= 0.3 is 12.1 Å². The molecule has 2 aliphatic heterocycles. The maximum atomic E-state index is 13.3. The Morgan fingerprint density at radius 3 is 2.28 bits per heavy atom. The number of amides is 3. The third-order valence-electron chi connectivity index (χ3n) is 7.34. The molecule has 3 amide bonds. The van der Waals surface area contributed by atoms with Crippen molar-refractivity contribution < 1.29 is 23.1 Å². The van der Waals surface area contributed by atoms with Gasteiger partial charge in [0.2, 0.25) is 0 Å². The van der Waals surface area contributed by atoms with E-state index in [0.29, 0.717) is 31.1 Å². The first-order valence-electron chi connectivity index (χ1n) is 13.8. The van der Waals surface area contributed by atoms with Crippen LogP contribution in [0.1, 0.15) is 45.6 Å². The summed E-state index contributed by atoms with van der Waals surface area (Å²) in [5.74, 6) is -0.120. The zero-order chi connectivity index (χ0) is 28.0. The second-order valence-corrected chi connectivity index (χ2v) is 11.8. The van der Waals surface area contributed by atoms with Crippen LogP contribution in [0, 0.1) is 23.5 Å². The number of benzene rings is 2. The van der Waals surface area contributed by atoms with E-state index in [1.807, 2.05) is 32.9 Å². The number of carbonyl (C=O) groups is 2. The first-order valence-corrected chi connectivity index (χ1v) is 13.8. The summed E-state index contributed by atoms with van der Waals surface area (Å²) in [7, 11) is 0. The van der Waals surface area contributed by atoms with Crippen molar-refractivity contribution in [2.24, 2.45) is 11.8 Å². The lowest BCUT2D eigenvalue weighted by Crippen LogP contribution is -2.57. The average molecular weight is 543 g/mol. The van der Waals surface area contributed by atoms with Crippen molar-refractivity contribution in [1.82, 2.24) is 15.1 Å². The summed E-state index contributed by atoms with van der Waals surface area (Å²) in [6, 6.07) is 11.9. The molecule has 2 fully saturated rings. The van der Waals surface area contributed by atoms with Gasteiger partial charge in [0, 0.05) is 43.8 Å². The van der Waals surface area contributed by atoms with E-state index < -0.39 is 5.60 Å². The molecule has 3 atom stereocenters. The largest absolute Gasteiger partial charge is 0.444 e. The van der Waals surface area contributed by atoms with Crippen molar-refractivity contribution in [3.05, 3.63) is 65.7 Å². The van der Waals surface area contributed by atoms with Gasteiger partial charge in [0.15, 0.2) is 0 Å². The summed E-state index contributed by atoms with van der Waals surface area (Å²) >= 11 is 0. The zero-order valence-corrected chi connectivity index (χ0v) is 23.1. The highest BCUT2D eigenvalue weighted by molar-refractivity contribution is 5.89. The third-order valence-corrected chi connectivity index (χ3v) is 7.34. The fourth-order valence-electron chi connectivity index (χ4n) is 5.54. The maximum absolute atomic E-state index is 13.3. The minimum atomic E-state index is -0.586. The Bertz CT molecular complexity index is 1100. The number of ether oxygens (including phenoxy) is 1. The maximum Gasteiger partial charge on any atom is 0.410 e. The molecule has 0 aliphatic carbocycles. The standard InChI is InChI=1S/C30H40F2N4O3/c1-30(2,3)39-29(38)36-16-14-27(34-28(37)33-26-12-10-25(32)11-13-26)23(20-36)19-35-15-4-5-22(18-35)17-21-6-8-24(31)9-7-21/h6-13,22-23,27H,4-5,14-20H2,1-3H3,(H2,33,34,37)/t22?,23-,27-/m1/s1. The minimum absolute atomic E-state index is 0.00908. The van der Waals surface area contributed by atoms with Gasteiger partial charge in [-0.1, -0.05) is 12.1 Å². The fourth-order valence-corrected chi connectivity index (χ4v) is 5.54. The molecule has 2 heterocycles. The van der Waals surface area contributed by atoms with Crippen molar-refractivity contribution in [3.63, 3.8) is 0 Å². The normalized spacial score (nSPS) is 22.3. The monoisotopic (exact) mass is 542 g/mol. The number of rotatable bonds is 6. The van der Waals surface area contributed by atoms with Crippen LogP contribution in [0.2, 0.25) is 0 Å². The summed E-state index contributed by atoms with van der Waals surface area (Å²) in [6.07, 6.45) is 3.34. The number of carbonyl (C=O) groups excluding carboxylic acids is 2. The zero-order valence-electron chi connectivity index (χ0n) is 23.1. The van der Waals surface area contributed by atoms with E-state index in [1.54, 1.807) is 4.90 Å². The summed E-state index contributed by atoms with van der Waals surface area (Å²) < 4.78 is 32.2. The second-order valence-electron chi connectivity index (χ2n) is 11.8. The number of halogens is 2. The van der Waals surface area contributed by atoms with Gasteiger partial charge in [-0.3, -0.25) is 0 Å². The lowest BCUT2D eigenvalue weighted by Gasteiger charge is -2.42. The van der Waals surface area contributed by atoms with Crippen molar-refractivity contribution in [2.45, 2.75) is 58.1 Å². The van der Waals surface area contributed by atoms with Crippen molar-refractivity contribution in [2.75, 3.05) is 38.0 Å². The smallest absolute Gasteiger partial charge is 0.410 e. The van der Waals surface area contributed by atoms with E-state index in [2.05, 4.69) is 15.5 Å². The SMILES string of the molecule is CC(C)(C)OC(=O)N1CC[C@@H](NC(=O)Nc2ccc(F)cc2)[C@H](CN2CCCC(Cc3ccc(F)cc3)C2)C1. The Morgan fingerprint density at radius 1 is 0.949 bits per heavy atom. The van der Waals surface area contributed by atoms with Crippen LogP contribution >= 0.6 is 0 Å². The highest BCUT2D eigenvalue weighted by Crippen LogP contribution is 2.26. The lowest BCUT2D eigenvalue weighted by atomic mass is 9.88. The predicted molar refractivity (Wildman–Crippen MR) is 148 cm³/mol. The first-order chi connectivity index (χ1) is 18.5. The van der Waals surface area contributed by atoms with Gasteiger partial charge in [-0.05, 0) is 101 Å². The van der Waals surface area contributed by atoms with Crippen LogP contribution in [-0.2, 0) is 11.2 Å². The summed E-state index contributed by atoms with van der Waals surface area (Å²) in [5, 5.41) is 5.88. The number of nitrogens with one attached hydrogen (secondary N) is 2. The molecule has 0 radical (unpaired) electrons. The predicted octanol–water partition coefficient (Wildman–Crippen LogP) is 5.67. The van der Waals surface area contributed by atoms with Gasteiger partial charge in [-0.25, -0.2) is 18.4 Å². The number of piperidine rings is 2. The summed E-state index contributed by atoms with van der Waals surface area (Å²) in [4.78, 5) is 29.9. The Balaban J connectivity index is 1.40. The molecule has 7 nitrogen and oxygen atoms in total. The van der Waals surface area contributed by atoms with Crippen LogP contribution in [0.25, 0.3) is 0 Å². The fraction of sp³-hybridized carbons (Fsp3) is 0.533. The van der Waals surface area contributed by atoms with Crippen LogP contribution in [0.15, 0.2) is 48.5 Å². The summed E-state index contributed by atoms with van der Waals surface area (Å²) in [6.45, 7) is 9.13. The van der Waals surface area contributed by atoms with Crippen LogP contribution in [0.3, 0.4) is 0 Å². The first kappa shape index (κ1) is 28.8. The Labute approximate surface area is 229 Å². The van der Waals surface area contributed by atoms with Gasteiger partial charge in [0.25, 0.3) is 0 Å². The molecular formula is C30H40F2N4O3. The van der Waals surface area contributed by atoms with Gasteiger partial charge in [-0.2, -0.15) is 0 Å². The quantitative estimate of drug-likeness (QED) is 0.494. The molecule has 2 aromatic carbocycles. The number of nitrogens with zero attached hydrogens (tertiary/aromatic N) is 2. The molecule has 4 rings (SSSR count). The van der Waals surface area contributed by atoms with Gasteiger partial charge in [0.05, 0.1) is 0 Å². The Hall–Kier alpha value is -3.20. The molecule has 212 valence electrons.